The lowest BCUT2D eigenvalue weighted by Gasteiger charge is -2.48. The zero-order valence-electron chi connectivity index (χ0n) is 16.4. The molecule has 0 aliphatic carbocycles. The Morgan fingerprint density at radius 1 is 1.07 bits per heavy atom. The summed E-state index contributed by atoms with van der Waals surface area (Å²) in [7, 11) is 0. The number of anilines is 1. The Morgan fingerprint density at radius 3 is 2.46 bits per heavy atom. The molecule has 148 valence electrons. The molecular weight excluding hydrogens is 391 g/mol. The van der Waals surface area contributed by atoms with Crippen molar-refractivity contribution >= 4 is 34.7 Å². The molecule has 5 heteroatoms. The van der Waals surface area contributed by atoms with Crippen molar-refractivity contribution in [3.05, 3.63) is 63.6 Å². The number of carbonyl (C=O) groups is 1. The highest BCUT2D eigenvalue weighted by Gasteiger charge is 2.41. The van der Waals surface area contributed by atoms with Crippen LogP contribution in [0.15, 0.2) is 42.5 Å². The van der Waals surface area contributed by atoms with E-state index in [1.807, 2.05) is 24.3 Å². The Morgan fingerprint density at radius 2 is 1.79 bits per heavy atom. The number of Topliss-reactive ketones (excluding diaryl/α,β-unsaturated/α-hetero) is 1. The van der Waals surface area contributed by atoms with Gasteiger partial charge in [-0.1, -0.05) is 47.5 Å². The topological polar surface area (TPSA) is 23.6 Å². The summed E-state index contributed by atoms with van der Waals surface area (Å²) in [6.07, 6.45) is 3.41. The number of hydrogen-bond donors (Lipinski definition) is 0. The van der Waals surface area contributed by atoms with Crippen LogP contribution in [0, 0.1) is 0 Å². The van der Waals surface area contributed by atoms with Crippen molar-refractivity contribution in [1.82, 2.24) is 4.90 Å². The average molecular weight is 417 g/mol. The minimum absolute atomic E-state index is 0.150. The molecule has 2 aliphatic rings. The molecule has 1 fully saturated rings. The van der Waals surface area contributed by atoms with Crippen LogP contribution in [-0.4, -0.2) is 35.9 Å². The number of hydrogen-bond acceptors (Lipinski definition) is 3. The molecule has 0 radical (unpaired) electrons. The maximum Gasteiger partial charge on any atom is 0.156 e. The van der Waals surface area contributed by atoms with Crippen molar-refractivity contribution in [1.29, 1.82) is 0 Å². The first-order chi connectivity index (χ1) is 13.5. The lowest BCUT2D eigenvalue weighted by molar-refractivity contribution is -0.118. The van der Waals surface area contributed by atoms with Crippen LogP contribution in [0.4, 0.5) is 5.69 Å². The van der Waals surface area contributed by atoms with E-state index < -0.39 is 0 Å². The summed E-state index contributed by atoms with van der Waals surface area (Å²) >= 11 is 12.5. The fourth-order valence-corrected chi connectivity index (χ4v) is 5.14. The lowest BCUT2D eigenvalue weighted by atomic mass is 9.83. The molecule has 28 heavy (non-hydrogen) atoms. The molecule has 2 aromatic carbocycles. The second-order valence-corrected chi connectivity index (χ2v) is 8.79. The van der Waals surface area contributed by atoms with E-state index in [1.54, 1.807) is 6.92 Å². The van der Waals surface area contributed by atoms with Gasteiger partial charge >= 0.3 is 0 Å². The Bertz CT molecular complexity index is 879. The van der Waals surface area contributed by atoms with Gasteiger partial charge < -0.3 is 4.90 Å². The van der Waals surface area contributed by atoms with Crippen LogP contribution >= 0.6 is 23.2 Å². The minimum Gasteiger partial charge on any atom is -0.352 e. The number of benzene rings is 2. The summed E-state index contributed by atoms with van der Waals surface area (Å²) < 4.78 is 0. The summed E-state index contributed by atoms with van der Waals surface area (Å²) in [6.45, 7) is 6.24. The highest BCUT2D eigenvalue weighted by Crippen LogP contribution is 2.41. The highest BCUT2D eigenvalue weighted by molar-refractivity contribution is 6.42. The molecule has 0 amide bonds. The van der Waals surface area contributed by atoms with Crippen molar-refractivity contribution in [2.24, 2.45) is 0 Å². The molecule has 0 aromatic heterocycles. The van der Waals surface area contributed by atoms with Crippen LogP contribution in [0.5, 0.6) is 0 Å². The molecule has 0 saturated carbocycles. The van der Waals surface area contributed by atoms with E-state index in [0.717, 1.165) is 30.8 Å². The van der Waals surface area contributed by atoms with Gasteiger partial charge in [0.1, 0.15) is 6.04 Å². The molecule has 2 heterocycles. The number of carbonyl (C=O) groups excluding carboxylic acids is 1. The molecule has 3 atom stereocenters. The average Bonchev–Trinajstić information content (AvgIpc) is 3.22. The normalized spacial score (nSPS) is 23.5. The van der Waals surface area contributed by atoms with Crippen molar-refractivity contribution in [2.75, 3.05) is 18.0 Å². The standard InChI is InChI=1S/C23H26Cl2N2O/c1-15(26-11-5-6-12-26)22-13-17-7-3-4-8-19(17)23(16(2)28)27(22)18-9-10-20(24)21(25)14-18/h3-4,7-10,14-15,22-23H,5-6,11-13H2,1-2H3. The number of nitrogens with zero attached hydrogens (tertiary/aromatic N) is 2. The summed E-state index contributed by atoms with van der Waals surface area (Å²) in [5.41, 5.74) is 3.33. The van der Waals surface area contributed by atoms with Crippen LogP contribution in [0.2, 0.25) is 10.0 Å². The van der Waals surface area contributed by atoms with Crippen molar-refractivity contribution < 1.29 is 4.79 Å². The molecule has 3 unspecified atom stereocenters. The summed E-state index contributed by atoms with van der Waals surface area (Å²) in [5.74, 6) is 0.150. The molecule has 2 aromatic rings. The third-order valence-corrected chi connectivity index (χ3v) is 7.01. The van der Waals surface area contributed by atoms with Gasteiger partial charge in [-0.05, 0) is 75.5 Å². The molecule has 3 nitrogen and oxygen atoms in total. The maximum absolute atomic E-state index is 12.9. The number of halogens is 2. The number of fused-ring (bicyclic) bond motifs is 1. The summed E-state index contributed by atoms with van der Waals surface area (Å²) in [5, 5.41) is 1.05. The van der Waals surface area contributed by atoms with E-state index in [1.165, 1.54) is 18.4 Å². The lowest BCUT2D eigenvalue weighted by Crippen LogP contribution is -2.55. The third kappa shape index (κ3) is 3.56. The molecule has 2 aliphatic heterocycles. The zero-order chi connectivity index (χ0) is 19.8. The molecule has 0 bridgehead atoms. The number of likely N-dealkylation sites (tertiary alicyclic amines) is 1. The molecule has 0 N–H and O–H groups in total. The van der Waals surface area contributed by atoms with Gasteiger partial charge in [-0.3, -0.25) is 9.69 Å². The smallest absolute Gasteiger partial charge is 0.156 e. The molecular formula is C23H26Cl2N2O. The fraction of sp³-hybridized carbons (Fsp3) is 0.435. The van der Waals surface area contributed by atoms with E-state index in [-0.39, 0.29) is 17.9 Å². The first-order valence-electron chi connectivity index (χ1n) is 10.0. The van der Waals surface area contributed by atoms with Crippen LogP contribution in [0.25, 0.3) is 0 Å². The maximum atomic E-state index is 12.9. The predicted octanol–water partition coefficient (Wildman–Crippen LogP) is 5.54. The largest absolute Gasteiger partial charge is 0.352 e. The van der Waals surface area contributed by atoms with E-state index in [2.05, 4.69) is 34.9 Å². The zero-order valence-corrected chi connectivity index (χ0v) is 17.9. The third-order valence-electron chi connectivity index (χ3n) is 6.27. The molecule has 0 spiro atoms. The van der Waals surface area contributed by atoms with Crippen LogP contribution in [0.3, 0.4) is 0 Å². The summed E-state index contributed by atoms with van der Waals surface area (Å²) in [6, 6.07) is 14.3. The molecule has 4 rings (SSSR count). The van der Waals surface area contributed by atoms with Crippen LogP contribution in [-0.2, 0) is 11.2 Å². The van der Waals surface area contributed by atoms with Crippen LogP contribution in [0.1, 0.15) is 43.9 Å². The first-order valence-corrected chi connectivity index (χ1v) is 10.8. The molecule has 1 saturated heterocycles. The fourth-order valence-electron chi connectivity index (χ4n) is 4.85. The van der Waals surface area contributed by atoms with Gasteiger partial charge in [0.25, 0.3) is 0 Å². The Kier molecular flexibility index (Phi) is 5.69. The van der Waals surface area contributed by atoms with Gasteiger partial charge in [-0.2, -0.15) is 0 Å². The van der Waals surface area contributed by atoms with Crippen molar-refractivity contribution in [2.45, 2.75) is 51.2 Å². The number of ketones is 1. The predicted molar refractivity (Wildman–Crippen MR) is 117 cm³/mol. The quantitative estimate of drug-likeness (QED) is 0.653. The van der Waals surface area contributed by atoms with Gasteiger partial charge in [-0.25, -0.2) is 0 Å². The highest BCUT2D eigenvalue weighted by atomic mass is 35.5. The van der Waals surface area contributed by atoms with Gasteiger partial charge in [0, 0.05) is 17.8 Å². The SMILES string of the molecule is CC(=O)C1c2ccccc2CC(C(C)N2CCCC2)N1c1ccc(Cl)c(Cl)c1. The van der Waals surface area contributed by atoms with E-state index >= 15 is 0 Å². The van der Waals surface area contributed by atoms with E-state index in [4.69, 9.17) is 23.2 Å². The number of rotatable bonds is 4. The van der Waals surface area contributed by atoms with Gasteiger partial charge in [0.2, 0.25) is 0 Å². The summed E-state index contributed by atoms with van der Waals surface area (Å²) in [4.78, 5) is 17.7. The second-order valence-electron chi connectivity index (χ2n) is 7.97. The minimum atomic E-state index is -0.308. The Balaban J connectivity index is 1.84. The Labute approximate surface area is 177 Å². The monoisotopic (exact) mass is 416 g/mol. The van der Waals surface area contributed by atoms with Gasteiger partial charge in [0.05, 0.1) is 10.0 Å². The van der Waals surface area contributed by atoms with Crippen molar-refractivity contribution in [3.63, 3.8) is 0 Å². The van der Waals surface area contributed by atoms with Gasteiger partial charge in [-0.15, -0.1) is 0 Å². The Hall–Kier alpha value is -1.55. The van der Waals surface area contributed by atoms with Crippen LogP contribution < -0.4 is 4.90 Å². The van der Waals surface area contributed by atoms with E-state index in [0.29, 0.717) is 16.1 Å². The van der Waals surface area contributed by atoms with E-state index in [9.17, 15) is 4.79 Å². The second kappa shape index (κ2) is 8.06. The van der Waals surface area contributed by atoms with Crippen molar-refractivity contribution in [3.8, 4) is 0 Å². The van der Waals surface area contributed by atoms with Gasteiger partial charge in [0.15, 0.2) is 5.78 Å². The first kappa shape index (κ1) is 19.8.